The van der Waals surface area contributed by atoms with E-state index >= 15 is 0 Å². The molecule has 5 nitrogen and oxygen atoms in total. The molecule has 1 atom stereocenters. The number of aliphatic hydroxyl groups is 1. The molecule has 0 spiro atoms. The molecule has 2 fully saturated rings. The summed E-state index contributed by atoms with van der Waals surface area (Å²) in [6, 6.07) is 17.3. The van der Waals surface area contributed by atoms with Crippen LogP contribution < -0.4 is 10.1 Å². The molecule has 5 heteroatoms. The van der Waals surface area contributed by atoms with Crippen LogP contribution in [0.3, 0.4) is 0 Å². The molecular weight excluding hydrogens is 400 g/mol. The van der Waals surface area contributed by atoms with Gasteiger partial charge in [0.2, 0.25) is 0 Å². The van der Waals surface area contributed by atoms with Gasteiger partial charge >= 0.3 is 0 Å². The quantitative estimate of drug-likeness (QED) is 0.489. The largest absolute Gasteiger partial charge is 0.496 e. The number of carbonyl (C=O) groups is 1. The zero-order chi connectivity index (χ0) is 22.6. The molecule has 0 radical (unpaired) electrons. The summed E-state index contributed by atoms with van der Waals surface area (Å²) in [5.74, 6) is 1.97. The molecule has 1 heterocycles. The lowest BCUT2D eigenvalue weighted by Crippen LogP contribution is -2.45. The van der Waals surface area contributed by atoms with Crippen LogP contribution in [0.2, 0.25) is 0 Å². The molecular formula is C27H36N2O3. The van der Waals surface area contributed by atoms with Gasteiger partial charge in [-0.1, -0.05) is 42.5 Å². The highest BCUT2D eigenvalue weighted by Crippen LogP contribution is 2.51. The number of likely N-dealkylation sites (N-methyl/N-ethyl adjacent to an activating group) is 1. The monoisotopic (exact) mass is 436 g/mol. The van der Waals surface area contributed by atoms with Gasteiger partial charge in [-0.2, -0.15) is 0 Å². The molecule has 2 aromatic rings. The van der Waals surface area contributed by atoms with Gasteiger partial charge < -0.3 is 20.0 Å². The third kappa shape index (κ3) is 5.06. The summed E-state index contributed by atoms with van der Waals surface area (Å²) in [5, 5.41) is 13.3. The van der Waals surface area contributed by atoms with Gasteiger partial charge in [-0.25, -0.2) is 0 Å². The minimum Gasteiger partial charge on any atom is -0.496 e. The lowest BCUT2D eigenvalue weighted by atomic mass is 9.88. The summed E-state index contributed by atoms with van der Waals surface area (Å²) in [6.45, 7) is 2.04. The van der Waals surface area contributed by atoms with Crippen molar-refractivity contribution in [2.75, 3.05) is 33.8 Å². The van der Waals surface area contributed by atoms with Crippen molar-refractivity contribution < 1.29 is 14.6 Å². The Bertz CT molecular complexity index is 895. The summed E-state index contributed by atoms with van der Waals surface area (Å²) in [7, 11) is 3.93. The number of benzene rings is 2. The molecule has 0 bridgehead atoms. The number of ether oxygens (including phenoxy) is 1. The van der Waals surface area contributed by atoms with E-state index in [2.05, 4.69) is 53.7 Å². The number of rotatable bonds is 8. The summed E-state index contributed by atoms with van der Waals surface area (Å²) in [4.78, 5) is 12.5. The van der Waals surface area contributed by atoms with Crippen LogP contribution in [-0.4, -0.2) is 55.7 Å². The van der Waals surface area contributed by atoms with Crippen molar-refractivity contribution in [1.82, 2.24) is 10.2 Å². The first-order chi connectivity index (χ1) is 15.6. The highest BCUT2D eigenvalue weighted by molar-refractivity contribution is 5.51. The van der Waals surface area contributed by atoms with Gasteiger partial charge in [-0.15, -0.1) is 0 Å². The van der Waals surface area contributed by atoms with Crippen LogP contribution in [0.5, 0.6) is 5.75 Å². The van der Waals surface area contributed by atoms with Crippen molar-refractivity contribution in [3.8, 4) is 5.75 Å². The van der Waals surface area contributed by atoms with Crippen LogP contribution >= 0.6 is 0 Å². The van der Waals surface area contributed by atoms with E-state index in [4.69, 9.17) is 4.74 Å². The van der Waals surface area contributed by atoms with Gasteiger partial charge in [-0.05, 0) is 68.2 Å². The van der Waals surface area contributed by atoms with Crippen molar-refractivity contribution in [3.63, 3.8) is 0 Å². The molecule has 0 aromatic heterocycles. The first-order valence-corrected chi connectivity index (χ1v) is 11.9. The summed E-state index contributed by atoms with van der Waals surface area (Å²) >= 11 is 0. The Kier molecular flexibility index (Phi) is 7.29. The number of aldehydes is 1. The van der Waals surface area contributed by atoms with E-state index in [1.165, 1.54) is 16.7 Å². The second-order valence-electron chi connectivity index (χ2n) is 9.41. The molecule has 0 amide bonds. The zero-order valence-electron chi connectivity index (χ0n) is 19.3. The van der Waals surface area contributed by atoms with Crippen molar-refractivity contribution in [2.45, 2.75) is 43.7 Å². The maximum atomic E-state index is 10.3. The number of carbonyl (C=O) groups excluding carboxylic acids is 1. The highest BCUT2D eigenvalue weighted by Gasteiger charge is 2.52. The normalized spacial score (nSPS) is 20.7. The van der Waals surface area contributed by atoms with Gasteiger partial charge in [0.25, 0.3) is 0 Å². The standard InChI is InChI=1S/C17H19NO.C10H17NO2/c1-18-12-11-13-7-3-4-8-14(13)17(18)15-9-5-6-10-16(15)19-2;12-6-5-11-7-10(13,8-1-2-8)9-3-4-9/h3-10,17H,11-12H2,1-2H3;6,8-9,11,13H,1-5,7H2. The smallest absolute Gasteiger partial charge is 0.133 e. The van der Waals surface area contributed by atoms with Crippen LogP contribution in [0, 0.1) is 11.8 Å². The Hall–Kier alpha value is -2.21. The maximum absolute atomic E-state index is 10.3. The van der Waals surface area contributed by atoms with Crippen molar-refractivity contribution in [1.29, 1.82) is 0 Å². The summed E-state index contributed by atoms with van der Waals surface area (Å²) in [6.07, 6.45) is 6.62. The number of nitrogens with one attached hydrogen (secondary N) is 1. The average molecular weight is 437 g/mol. The van der Waals surface area contributed by atoms with Gasteiger partial charge in [0, 0.05) is 18.7 Å². The van der Waals surface area contributed by atoms with Crippen molar-refractivity contribution >= 4 is 6.29 Å². The average Bonchev–Trinajstić information content (AvgIpc) is 3.72. The van der Waals surface area contributed by atoms with E-state index in [1.54, 1.807) is 7.11 Å². The first kappa shape index (κ1) is 23.0. The van der Waals surface area contributed by atoms with Crippen LogP contribution in [0.15, 0.2) is 48.5 Å². The SMILES string of the molecule is COc1ccccc1C1c2ccccc2CCN1C.O=CCNCC(O)(C1CC1)C1CC1. The number of hydrogen-bond acceptors (Lipinski definition) is 5. The van der Waals surface area contributed by atoms with Crippen LogP contribution in [-0.2, 0) is 11.2 Å². The third-order valence-electron chi connectivity index (χ3n) is 7.16. The van der Waals surface area contributed by atoms with Gasteiger partial charge in [-0.3, -0.25) is 4.90 Å². The van der Waals surface area contributed by atoms with E-state index in [0.717, 1.165) is 50.7 Å². The lowest BCUT2D eigenvalue weighted by molar-refractivity contribution is -0.107. The predicted octanol–water partition coefficient (Wildman–Crippen LogP) is 3.60. The molecule has 172 valence electrons. The predicted molar refractivity (Wildman–Crippen MR) is 127 cm³/mol. The fourth-order valence-corrected chi connectivity index (χ4v) is 5.11. The van der Waals surface area contributed by atoms with Gasteiger partial charge in [0.15, 0.2) is 0 Å². The van der Waals surface area contributed by atoms with Gasteiger partial charge in [0.1, 0.15) is 12.0 Å². The Balaban J connectivity index is 0.000000165. The summed E-state index contributed by atoms with van der Waals surface area (Å²) in [5.41, 5.74) is 3.61. The fourth-order valence-electron chi connectivity index (χ4n) is 5.11. The molecule has 2 saturated carbocycles. The van der Waals surface area contributed by atoms with E-state index in [0.29, 0.717) is 31.0 Å². The minimum absolute atomic E-state index is 0.293. The van der Waals surface area contributed by atoms with Crippen LogP contribution in [0.4, 0.5) is 0 Å². The van der Waals surface area contributed by atoms with Crippen LogP contribution in [0.1, 0.15) is 48.4 Å². The van der Waals surface area contributed by atoms with Gasteiger partial charge in [0.05, 0.1) is 25.3 Å². The molecule has 2 aliphatic carbocycles. The Labute approximate surface area is 191 Å². The Morgan fingerprint density at radius 1 is 1.06 bits per heavy atom. The minimum atomic E-state index is -0.497. The molecule has 2 N–H and O–H groups in total. The van der Waals surface area contributed by atoms with Crippen molar-refractivity contribution in [2.24, 2.45) is 11.8 Å². The number of nitrogens with zero attached hydrogens (tertiary/aromatic N) is 1. The molecule has 5 rings (SSSR count). The number of hydrogen-bond donors (Lipinski definition) is 2. The zero-order valence-corrected chi connectivity index (χ0v) is 19.3. The van der Waals surface area contributed by atoms with E-state index in [-0.39, 0.29) is 0 Å². The second-order valence-corrected chi connectivity index (χ2v) is 9.41. The maximum Gasteiger partial charge on any atom is 0.133 e. The van der Waals surface area contributed by atoms with Crippen molar-refractivity contribution in [3.05, 3.63) is 65.2 Å². The molecule has 32 heavy (non-hydrogen) atoms. The topological polar surface area (TPSA) is 61.8 Å². The molecule has 2 aromatic carbocycles. The molecule has 3 aliphatic rings. The highest BCUT2D eigenvalue weighted by atomic mass is 16.5. The van der Waals surface area contributed by atoms with E-state index in [9.17, 15) is 9.90 Å². The van der Waals surface area contributed by atoms with E-state index < -0.39 is 5.60 Å². The third-order valence-corrected chi connectivity index (χ3v) is 7.16. The molecule has 1 unspecified atom stereocenters. The fraction of sp³-hybridized carbons (Fsp3) is 0.519. The second kappa shape index (κ2) is 10.2. The number of fused-ring (bicyclic) bond motifs is 1. The van der Waals surface area contributed by atoms with Crippen LogP contribution in [0.25, 0.3) is 0 Å². The molecule has 1 aliphatic heterocycles. The Morgan fingerprint density at radius 2 is 1.69 bits per heavy atom. The first-order valence-electron chi connectivity index (χ1n) is 11.9. The Morgan fingerprint density at radius 3 is 2.31 bits per heavy atom. The number of para-hydroxylation sites is 1. The lowest BCUT2D eigenvalue weighted by Gasteiger charge is -2.35. The van der Waals surface area contributed by atoms with E-state index in [1.807, 2.05) is 12.1 Å². The molecule has 0 saturated heterocycles. The number of methoxy groups -OCH3 is 1. The summed E-state index contributed by atoms with van der Waals surface area (Å²) < 4.78 is 5.54.